The minimum Gasteiger partial charge on any atom is -0.427 e. The van der Waals surface area contributed by atoms with Gasteiger partial charge in [-0.25, -0.2) is 0 Å². The fourth-order valence-corrected chi connectivity index (χ4v) is 2.30. The Labute approximate surface area is 101 Å². The molecule has 0 aromatic carbocycles. The van der Waals surface area contributed by atoms with E-state index in [9.17, 15) is 4.79 Å². The minimum absolute atomic E-state index is 0.122. The maximum Gasteiger partial charge on any atom is 0.292 e. The van der Waals surface area contributed by atoms with Gasteiger partial charge in [0.05, 0.1) is 12.2 Å². The zero-order chi connectivity index (χ0) is 12.4. The van der Waals surface area contributed by atoms with Crippen LogP contribution in [0.15, 0.2) is 4.42 Å². The van der Waals surface area contributed by atoms with E-state index in [-0.39, 0.29) is 17.8 Å². The number of nitrogens with two attached hydrogens (primary N) is 1. The smallest absolute Gasteiger partial charge is 0.292 e. The van der Waals surface area contributed by atoms with Crippen molar-refractivity contribution < 1.29 is 9.21 Å². The first-order chi connectivity index (χ1) is 8.15. The molecule has 1 amide bonds. The lowest BCUT2D eigenvalue weighted by Crippen LogP contribution is -2.39. The number of aromatic nitrogens is 1. The number of fused-ring (bicyclic) bond motifs is 1. The average molecular weight is 237 g/mol. The summed E-state index contributed by atoms with van der Waals surface area (Å²) < 4.78 is 5.31. The van der Waals surface area contributed by atoms with Crippen molar-refractivity contribution >= 4 is 11.9 Å². The van der Waals surface area contributed by atoms with Crippen LogP contribution >= 0.6 is 0 Å². The molecule has 5 heteroatoms. The second kappa shape index (κ2) is 4.77. The highest BCUT2D eigenvalue weighted by Crippen LogP contribution is 2.23. The Morgan fingerprint density at radius 1 is 1.53 bits per heavy atom. The number of nitrogens with zero attached hydrogens (tertiary/aromatic N) is 2. The first kappa shape index (κ1) is 12.0. The number of rotatable bonds is 3. The van der Waals surface area contributed by atoms with E-state index in [0.717, 1.165) is 30.7 Å². The zero-order valence-corrected chi connectivity index (χ0v) is 10.4. The number of anilines is 1. The van der Waals surface area contributed by atoms with Crippen LogP contribution < -0.4 is 5.73 Å². The molecule has 0 radical (unpaired) electrons. The summed E-state index contributed by atoms with van der Waals surface area (Å²) in [6, 6.07) is 0.201. The molecule has 1 aromatic rings. The molecule has 0 saturated heterocycles. The molecule has 0 saturated carbocycles. The summed E-state index contributed by atoms with van der Waals surface area (Å²) in [6.45, 7) is 5.32. The van der Waals surface area contributed by atoms with Gasteiger partial charge in [-0.05, 0) is 12.8 Å². The van der Waals surface area contributed by atoms with E-state index in [4.69, 9.17) is 10.2 Å². The van der Waals surface area contributed by atoms with Crippen molar-refractivity contribution in [3.63, 3.8) is 0 Å². The van der Waals surface area contributed by atoms with E-state index < -0.39 is 0 Å². The van der Waals surface area contributed by atoms with Crippen LogP contribution in [0.3, 0.4) is 0 Å². The van der Waals surface area contributed by atoms with E-state index in [1.54, 1.807) is 0 Å². The zero-order valence-electron chi connectivity index (χ0n) is 10.4. The summed E-state index contributed by atoms with van der Waals surface area (Å²) >= 11 is 0. The fraction of sp³-hybridized carbons (Fsp3) is 0.667. The number of oxazole rings is 1. The van der Waals surface area contributed by atoms with Gasteiger partial charge in [0, 0.05) is 18.9 Å². The van der Waals surface area contributed by atoms with E-state index in [1.165, 1.54) is 0 Å². The molecule has 2 heterocycles. The second-order valence-corrected chi connectivity index (χ2v) is 4.45. The Bertz CT molecular complexity index is 410. The predicted octanol–water partition coefficient (Wildman–Crippen LogP) is 1.58. The van der Waals surface area contributed by atoms with E-state index in [2.05, 4.69) is 4.98 Å². The van der Waals surface area contributed by atoms with Crippen molar-refractivity contribution in [3.05, 3.63) is 11.5 Å². The number of carbonyl (C=O) groups is 1. The summed E-state index contributed by atoms with van der Waals surface area (Å²) in [6.07, 6.45) is 2.51. The first-order valence-electron chi connectivity index (χ1n) is 6.18. The topological polar surface area (TPSA) is 72.4 Å². The van der Waals surface area contributed by atoms with Gasteiger partial charge in [0.1, 0.15) is 5.76 Å². The maximum atomic E-state index is 12.2. The summed E-state index contributed by atoms with van der Waals surface area (Å²) in [7, 11) is 0. The van der Waals surface area contributed by atoms with E-state index in [1.807, 2.05) is 18.7 Å². The molecule has 0 fully saturated rings. The van der Waals surface area contributed by atoms with Gasteiger partial charge in [-0.2, -0.15) is 4.98 Å². The van der Waals surface area contributed by atoms with Crippen LogP contribution in [0, 0.1) is 5.92 Å². The Hall–Kier alpha value is -1.52. The van der Waals surface area contributed by atoms with Gasteiger partial charge in [-0.15, -0.1) is 0 Å². The van der Waals surface area contributed by atoms with E-state index in [0.29, 0.717) is 13.1 Å². The Balaban J connectivity index is 2.09. The quantitative estimate of drug-likeness (QED) is 0.866. The number of hydrogen-bond donors (Lipinski definition) is 1. The molecule has 0 spiro atoms. The summed E-state index contributed by atoms with van der Waals surface area (Å²) in [5, 5.41) is 0. The normalized spacial score (nSPS) is 15.1. The Kier molecular flexibility index (Phi) is 3.36. The first-order valence-corrected chi connectivity index (χ1v) is 6.18. The minimum atomic E-state index is 0.122. The molecule has 0 bridgehead atoms. The van der Waals surface area contributed by atoms with Crippen molar-refractivity contribution in [1.29, 1.82) is 0 Å². The van der Waals surface area contributed by atoms with Crippen LogP contribution in [0.4, 0.5) is 6.01 Å². The van der Waals surface area contributed by atoms with Crippen LogP contribution in [0.2, 0.25) is 0 Å². The molecular formula is C12H19N3O2. The number of nitrogen functional groups attached to an aromatic ring is 1. The van der Waals surface area contributed by atoms with Crippen molar-refractivity contribution in [2.75, 3.05) is 12.3 Å². The third-order valence-electron chi connectivity index (χ3n) is 3.39. The molecule has 2 N–H and O–H groups in total. The van der Waals surface area contributed by atoms with E-state index >= 15 is 0 Å². The molecule has 17 heavy (non-hydrogen) atoms. The molecule has 1 aliphatic rings. The number of hydrogen-bond acceptors (Lipinski definition) is 4. The lowest BCUT2D eigenvalue weighted by Gasteiger charge is -2.28. The number of amides is 1. The Morgan fingerprint density at radius 2 is 2.24 bits per heavy atom. The van der Waals surface area contributed by atoms with Crippen molar-refractivity contribution in [2.45, 2.75) is 39.7 Å². The molecule has 0 unspecified atom stereocenters. The maximum absolute atomic E-state index is 12.2. The van der Waals surface area contributed by atoms with Crippen LogP contribution in [0.5, 0.6) is 0 Å². The third kappa shape index (κ3) is 2.28. The summed E-state index contributed by atoms with van der Waals surface area (Å²) in [4.78, 5) is 18.2. The van der Waals surface area contributed by atoms with Crippen molar-refractivity contribution in [2.24, 2.45) is 5.92 Å². The highest BCUT2D eigenvalue weighted by atomic mass is 16.4. The molecule has 5 nitrogen and oxygen atoms in total. The summed E-state index contributed by atoms with van der Waals surface area (Å²) in [5.74, 6) is 1.08. The molecular weight excluding hydrogens is 218 g/mol. The van der Waals surface area contributed by atoms with Crippen LogP contribution in [-0.4, -0.2) is 22.3 Å². The monoisotopic (exact) mass is 237 g/mol. The van der Waals surface area contributed by atoms with Gasteiger partial charge in [0.25, 0.3) is 6.01 Å². The van der Waals surface area contributed by atoms with Gasteiger partial charge >= 0.3 is 0 Å². The van der Waals surface area contributed by atoms with Crippen LogP contribution in [0.25, 0.3) is 0 Å². The molecule has 0 aliphatic carbocycles. The fourth-order valence-electron chi connectivity index (χ4n) is 2.30. The molecule has 1 aromatic heterocycles. The van der Waals surface area contributed by atoms with Gasteiger partial charge in [0.15, 0.2) is 0 Å². The molecule has 2 rings (SSSR count). The van der Waals surface area contributed by atoms with Gasteiger partial charge in [0.2, 0.25) is 5.91 Å². The standard InChI is InChI=1S/C12H19N3O2/c1-3-8(4-2)11(16)15-6-5-9-10(7-15)17-12(13)14-9/h8H,3-7H2,1-2H3,(H2,13,14). The molecule has 94 valence electrons. The SMILES string of the molecule is CCC(CC)C(=O)N1CCc2nc(N)oc2C1. The highest BCUT2D eigenvalue weighted by molar-refractivity contribution is 5.78. The molecule has 1 aliphatic heterocycles. The number of carbonyl (C=O) groups excluding carboxylic acids is 1. The Morgan fingerprint density at radius 3 is 2.88 bits per heavy atom. The summed E-state index contributed by atoms with van der Waals surface area (Å²) in [5.41, 5.74) is 6.41. The van der Waals surface area contributed by atoms with Crippen LogP contribution in [0.1, 0.15) is 38.1 Å². The highest BCUT2D eigenvalue weighted by Gasteiger charge is 2.28. The van der Waals surface area contributed by atoms with Gasteiger partial charge in [-0.1, -0.05) is 13.8 Å². The largest absolute Gasteiger partial charge is 0.427 e. The van der Waals surface area contributed by atoms with Crippen molar-refractivity contribution in [1.82, 2.24) is 9.88 Å². The third-order valence-corrected chi connectivity index (χ3v) is 3.39. The lowest BCUT2D eigenvalue weighted by atomic mass is 10.0. The average Bonchev–Trinajstić information content (AvgIpc) is 2.69. The van der Waals surface area contributed by atoms with Crippen molar-refractivity contribution in [3.8, 4) is 0 Å². The predicted molar refractivity (Wildman–Crippen MR) is 64.1 cm³/mol. The lowest BCUT2D eigenvalue weighted by molar-refractivity contribution is -0.137. The molecule has 0 atom stereocenters. The second-order valence-electron chi connectivity index (χ2n) is 4.45. The van der Waals surface area contributed by atoms with Crippen LogP contribution in [-0.2, 0) is 17.8 Å². The van der Waals surface area contributed by atoms with Gasteiger partial charge in [-0.3, -0.25) is 4.79 Å². The van der Waals surface area contributed by atoms with Gasteiger partial charge < -0.3 is 15.1 Å².